The standard InChI is InChI=1S/C11H26F2O6Si2/c1-9(20(14-3,15-4)16-5)11(12,13)10(2)21(17-6,18-7)19-8/h9-10H,1-8H3. The van der Waals surface area contributed by atoms with E-state index in [1.54, 1.807) is 0 Å². The van der Waals surface area contributed by atoms with Crippen LogP contribution in [0.25, 0.3) is 0 Å². The second-order valence-electron chi connectivity index (χ2n) is 4.55. The van der Waals surface area contributed by atoms with Crippen LogP contribution in [-0.4, -0.2) is 66.2 Å². The smallest absolute Gasteiger partial charge is 0.377 e. The van der Waals surface area contributed by atoms with Crippen molar-refractivity contribution in [3.63, 3.8) is 0 Å². The van der Waals surface area contributed by atoms with Crippen molar-refractivity contribution in [2.75, 3.05) is 42.7 Å². The lowest BCUT2D eigenvalue weighted by Crippen LogP contribution is -2.59. The van der Waals surface area contributed by atoms with Gasteiger partial charge in [-0.25, -0.2) is 8.78 Å². The summed E-state index contributed by atoms with van der Waals surface area (Å²) in [7, 11) is 0.713. The molecule has 0 aromatic carbocycles. The van der Waals surface area contributed by atoms with Gasteiger partial charge in [-0.05, 0) is 0 Å². The molecule has 2 atom stereocenters. The van der Waals surface area contributed by atoms with E-state index >= 15 is 0 Å². The zero-order chi connectivity index (χ0) is 16.9. The van der Waals surface area contributed by atoms with Gasteiger partial charge in [0.05, 0.1) is 11.1 Å². The zero-order valence-electron chi connectivity index (χ0n) is 13.9. The Hall–Kier alpha value is 0.0538. The van der Waals surface area contributed by atoms with Crippen LogP contribution in [0.5, 0.6) is 0 Å². The molecule has 128 valence electrons. The van der Waals surface area contributed by atoms with Crippen molar-refractivity contribution >= 4 is 17.6 Å². The Labute approximate surface area is 127 Å². The molecule has 10 heteroatoms. The van der Waals surface area contributed by atoms with Gasteiger partial charge >= 0.3 is 17.6 Å². The SMILES string of the molecule is CO[Si](OC)(OC)C(C)C(F)(F)C(C)[Si](OC)(OC)OC. The van der Waals surface area contributed by atoms with Crippen molar-refractivity contribution < 1.29 is 35.3 Å². The van der Waals surface area contributed by atoms with Crippen molar-refractivity contribution in [2.24, 2.45) is 0 Å². The summed E-state index contributed by atoms with van der Waals surface area (Å²) in [4.78, 5) is 0. The number of hydrogen-bond donors (Lipinski definition) is 0. The summed E-state index contributed by atoms with van der Waals surface area (Å²) in [6, 6.07) is 0. The van der Waals surface area contributed by atoms with E-state index in [1.807, 2.05) is 0 Å². The summed E-state index contributed by atoms with van der Waals surface area (Å²) in [5, 5.41) is 0. The Bertz CT molecular complexity index is 269. The predicted molar refractivity (Wildman–Crippen MR) is 77.4 cm³/mol. The summed E-state index contributed by atoms with van der Waals surface area (Å²) in [6.07, 6.45) is 0. The molecule has 0 amide bonds. The Morgan fingerprint density at radius 2 is 0.810 bits per heavy atom. The highest BCUT2D eigenvalue weighted by Crippen LogP contribution is 2.49. The van der Waals surface area contributed by atoms with Crippen LogP contribution in [-0.2, 0) is 26.6 Å². The first-order valence-electron chi connectivity index (χ1n) is 6.36. The molecule has 6 nitrogen and oxygen atoms in total. The lowest BCUT2D eigenvalue weighted by Gasteiger charge is -2.41. The number of halogens is 2. The summed E-state index contributed by atoms with van der Waals surface area (Å²) >= 11 is 0. The van der Waals surface area contributed by atoms with Gasteiger partial charge in [-0.1, -0.05) is 13.8 Å². The topological polar surface area (TPSA) is 55.4 Å². The first kappa shape index (κ1) is 21.1. The van der Waals surface area contributed by atoms with E-state index in [4.69, 9.17) is 26.6 Å². The third-order valence-corrected chi connectivity index (χ3v) is 10.2. The normalized spacial score (nSPS) is 16.9. The average Bonchev–Trinajstić information content (AvgIpc) is 2.51. The van der Waals surface area contributed by atoms with Crippen LogP contribution in [0.3, 0.4) is 0 Å². The van der Waals surface area contributed by atoms with Crippen LogP contribution in [0.15, 0.2) is 0 Å². The molecular weight excluding hydrogens is 322 g/mol. The molecule has 21 heavy (non-hydrogen) atoms. The third kappa shape index (κ3) is 3.70. The van der Waals surface area contributed by atoms with Crippen molar-refractivity contribution in [1.82, 2.24) is 0 Å². The van der Waals surface area contributed by atoms with Gasteiger partial charge in [-0.2, -0.15) is 0 Å². The molecule has 0 aliphatic heterocycles. The average molecular weight is 348 g/mol. The molecule has 0 rings (SSSR count). The lowest BCUT2D eigenvalue weighted by molar-refractivity contribution is -0.0561. The van der Waals surface area contributed by atoms with E-state index in [0.29, 0.717) is 0 Å². The van der Waals surface area contributed by atoms with Crippen LogP contribution in [0.2, 0.25) is 11.1 Å². The minimum absolute atomic E-state index is 1.30. The van der Waals surface area contributed by atoms with Gasteiger partial charge in [-0.15, -0.1) is 0 Å². The third-order valence-electron chi connectivity index (χ3n) is 3.92. The number of alkyl halides is 2. The Morgan fingerprint density at radius 1 is 0.619 bits per heavy atom. The van der Waals surface area contributed by atoms with Gasteiger partial charge < -0.3 is 26.6 Å². The van der Waals surface area contributed by atoms with E-state index in [-0.39, 0.29) is 0 Å². The Morgan fingerprint density at radius 3 is 0.952 bits per heavy atom. The van der Waals surface area contributed by atoms with Crippen molar-refractivity contribution in [3.05, 3.63) is 0 Å². The number of rotatable bonds is 10. The van der Waals surface area contributed by atoms with Gasteiger partial charge in [0.15, 0.2) is 0 Å². The molecule has 0 spiro atoms. The molecular formula is C11H26F2O6Si2. The van der Waals surface area contributed by atoms with E-state index in [0.717, 1.165) is 0 Å². The summed E-state index contributed by atoms with van der Waals surface area (Å²) in [5.41, 5.74) is -2.60. The fourth-order valence-corrected chi connectivity index (χ4v) is 7.14. The molecule has 0 bridgehead atoms. The van der Waals surface area contributed by atoms with E-state index in [2.05, 4.69) is 0 Å². The highest BCUT2D eigenvalue weighted by Gasteiger charge is 2.66. The minimum atomic E-state index is -3.53. The highest BCUT2D eigenvalue weighted by molar-refractivity contribution is 6.64. The quantitative estimate of drug-likeness (QED) is 0.564. The molecule has 0 aliphatic rings. The number of hydrogen-bond acceptors (Lipinski definition) is 6. The van der Waals surface area contributed by atoms with Crippen molar-refractivity contribution in [1.29, 1.82) is 0 Å². The van der Waals surface area contributed by atoms with Gasteiger partial charge in [0.2, 0.25) is 0 Å². The van der Waals surface area contributed by atoms with Gasteiger partial charge in [0, 0.05) is 42.7 Å². The van der Waals surface area contributed by atoms with Gasteiger partial charge in [0.1, 0.15) is 0 Å². The zero-order valence-corrected chi connectivity index (χ0v) is 15.9. The van der Waals surface area contributed by atoms with Crippen LogP contribution in [0, 0.1) is 0 Å². The second kappa shape index (κ2) is 8.06. The van der Waals surface area contributed by atoms with Crippen LogP contribution in [0.4, 0.5) is 8.78 Å². The molecule has 0 aliphatic carbocycles. The van der Waals surface area contributed by atoms with Crippen LogP contribution >= 0.6 is 0 Å². The summed E-state index contributed by atoms with van der Waals surface area (Å²) < 4.78 is 60.8. The molecule has 0 saturated heterocycles. The van der Waals surface area contributed by atoms with E-state index in [1.165, 1.54) is 56.5 Å². The minimum Gasteiger partial charge on any atom is -0.377 e. The predicted octanol–water partition coefficient (Wildman–Crippen LogP) is 2.16. The maximum Gasteiger partial charge on any atom is 0.509 e. The second-order valence-corrected chi connectivity index (χ2v) is 11.1. The van der Waals surface area contributed by atoms with Crippen LogP contribution < -0.4 is 0 Å². The fourth-order valence-electron chi connectivity index (χ4n) is 2.41. The highest BCUT2D eigenvalue weighted by atomic mass is 28.4. The molecule has 0 saturated carbocycles. The molecule has 2 unspecified atom stereocenters. The Kier molecular flexibility index (Phi) is 8.08. The Balaban J connectivity index is 5.63. The molecule has 0 heterocycles. The maximum absolute atomic E-state index is 14.9. The molecule has 0 radical (unpaired) electrons. The molecule has 0 aromatic rings. The van der Waals surface area contributed by atoms with Gasteiger partial charge in [-0.3, -0.25) is 0 Å². The first-order chi connectivity index (χ1) is 9.67. The van der Waals surface area contributed by atoms with E-state index < -0.39 is 34.6 Å². The summed E-state index contributed by atoms with van der Waals surface area (Å²) in [5.74, 6) is -3.23. The lowest BCUT2D eigenvalue weighted by atomic mass is 10.2. The summed E-state index contributed by atoms with van der Waals surface area (Å²) in [6.45, 7) is 2.67. The van der Waals surface area contributed by atoms with Crippen molar-refractivity contribution in [3.8, 4) is 0 Å². The van der Waals surface area contributed by atoms with Crippen molar-refractivity contribution in [2.45, 2.75) is 30.9 Å². The molecule has 0 aromatic heterocycles. The largest absolute Gasteiger partial charge is 0.509 e. The molecule has 0 fully saturated rings. The maximum atomic E-state index is 14.9. The van der Waals surface area contributed by atoms with Crippen LogP contribution in [0.1, 0.15) is 13.8 Å². The fraction of sp³-hybridized carbons (Fsp3) is 1.00. The van der Waals surface area contributed by atoms with E-state index in [9.17, 15) is 8.78 Å². The first-order valence-corrected chi connectivity index (χ1v) is 9.97. The molecule has 0 N–H and O–H groups in total. The monoisotopic (exact) mass is 348 g/mol. The van der Waals surface area contributed by atoms with Gasteiger partial charge in [0.25, 0.3) is 5.92 Å².